The van der Waals surface area contributed by atoms with Gasteiger partial charge in [0.05, 0.1) is 4.92 Å². The molecule has 1 N–H and O–H groups in total. The summed E-state index contributed by atoms with van der Waals surface area (Å²) in [7, 11) is 0. The third kappa shape index (κ3) is 6.26. The largest absolute Gasteiger partial charge is 0.441 e. The lowest BCUT2D eigenvalue weighted by atomic mass is 10.2. The topological polar surface area (TPSA) is 55.2 Å². The second kappa shape index (κ2) is 7.11. The zero-order valence-corrected chi connectivity index (χ0v) is 11.9. The number of benzene rings is 1. The Hall–Kier alpha value is -0.800. The highest BCUT2D eigenvalue weighted by molar-refractivity contribution is 9.10. The van der Waals surface area contributed by atoms with Crippen molar-refractivity contribution in [1.82, 2.24) is 5.32 Å². The quantitative estimate of drug-likeness (QED) is 0.478. The van der Waals surface area contributed by atoms with E-state index >= 15 is 0 Å². The van der Waals surface area contributed by atoms with Crippen molar-refractivity contribution in [2.75, 3.05) is 12.3 Å². The van der Waals surface area contributed by atoms with Crippen LogP contribution >= 0.6 is 27.7 Å². The average molecular weight is 359 g/mol. The molecule has 0 atom stereocenters. The van der Waals surface area contributed by atoms with Gasteiger partial charge in [0.1, 0.15) is 0 Å². The van der Waals surface area contributed by atoms with Crippen molar-refractivity contribution in [3.05, 3.63) is 38.3 Å². The van der Waals surface area contributed by atoms with Crippen molar-refractivity contribution in [3.8, 4) is 0 Å². The van der Waals surface area contributed by atoms with Gasteiger partial charge in [0, 0.05) is 34.9 Å². The van der Waals surface area contributed by atoms with E-state index in [0.717, 1.165) is 0 Å². The maximum absolute atomic E-state index is 11.9. The Morgan fingerprint density at radius 2 is 2.11 bits per heavy atom. The molecule has 0 saturated carbocycles. The van der Waals surface area contributed by atoms with Crippen LogP contribution in [0.5, 0.6) is 0 Å². The standard InChI is InChI=1S/C10H10BrF3N2O2S/c11-8-1-2-9(16(17)18)7(5-8)6-15-3-4-19-10(12,13)14/h1-2,5,15H,3-4,6H2. The highest BCUT2D eigenvalue weighted by Crippen LogP contribution is 2.29. The number of nitro benzene ring substituents is 1. The molecule has 106 valence electrons. The molecule has 0 unspecified atom stereocenters. The fourth-order valence-electron chi connectivity index (χ4n) is 1.34. The Kier molecular flexibility index (Phi) is 6.08. The van der Waals surface area contributed by atoms with E-state index in [0.29, 0.717) is 10.0 Å². The molecule has 4 nitrogen and oxygen atoms in total. The summed E-state index contributed by atoms with van der Waals surface area (Å²) in [6.45, 7) is 0.266. The number of hydrogen-bond acceptors (Lipinski definition) is 4. The van der Waals surface area contributed by atoms with Crippen LogP contribution in [0.2, 0.25) is 0 Å². The first-order valence-electron chi connectivity index (χ1n) is 5.14. The number of nitro groups is 1. The summed E-state index contributed by atoms with van der Waals surface area (Å²) in [4.78, 5) is 10.2. The van der Waals surface area contributed by atoms with Crippen LogP contribution < -0.4 is 5.32 Å². The highest BCUT2D eigenvalue weighted by atomic mass is 79.9. The predicted molar refractivity (Wildman–Crippen MR) is 71.0 cm³/mol. The van der Waals surface area contributed by atoms with Crippen molar-refractivity contribution in [1.29, 1.82) is 0 Å². The van der Waals surface area contributed by atoms with E-state index in [1.165, 1.54) is 6.07 Å². The minimum absolute atomic E-state index is 0.0563. The number of halogens is 4. The fourth-order valence-corrected chi connectivity index (χ4v) is 2.22. The summed E-state index contributed by atoms with van der Waals surface area (Å²) in [5.74, 6) is -0.134. The molecule has 1 rings (SSSR count). The lowest BCUT2D eigenvalue weighted by Gasteiger charge is -2.07. The molecule has 0 aromatic heterocycles. The van der Waals surface area contributed by atoms with Gasteiger partial charge in [0.2, 0.25) is 0 Å². The molecular formula is C10H10BrF3N2O2S. The summed E-state index contributed by atoms with van der Waals surface area (Å²) in [6.07, 6.45) is 0. The molecule has 0 aliphatic rings. The molecule has 0 spiro atoms. The molecule has 0 bridgehead atoms. The van der Waals surface area contributed by atoms with E-state index < -0.39 is 10.4 Å². The molecular weight excluding hydrogens is 349 g/mol. The smallest absolute Gasteiger partial charge is 0.312 e. The number of hydrogen-bond donors (Lipinski definition) is 1. The summed E-state index contributed by atoms with van der Waals surface area (Å²) in [5, 5.41) is 13.5. The van der Waals surface area contributed by atoms with Crippen molar-refractivity contribution >= 4 is 33.4 Å². The van der Waals surface area contributed by atoms with Crippen LogP contribution in [-0.2, 0) is 6.54 Å². The second-order valence-corrected chi connectivity index (χ2v) is 5.58. The van der Waals surface area contributed by atoms with Crippen LogP contribution in [0.3, 0.4) is 0 Å². The molecule has 0 aliphatic carbocycles. The Labute approximate surface area is 120 Å². The number of thioether (sulfide) groups is 1. The van der Waals surface area contributed by atoms with Gasteiger partial charge in [-0.2, -0.15) is 13.2 Å². The molecule has 19 heavy (non-hydrogen) atoms. The predicted octanol–water partition coefficient (Wildman–Crippen LogP) is 3.70. The fraction of sp³-hybridized carbons (Fsp3) is 0.400. The maximum Gasteiger partial charge on any atom is 0.441 e. The summed E-state index contributed by atoms with van der Waals surface area (Å²) >= 11 is 3.07. The van der Waals surface area contributed by atoms with Crippen LogP contribution in [0.1, 0.15) is 5.56 Å². The highest BCUT2D eigenvalue weighted by Gasteiger charge is 2.27. The molecule has 0 amide bonds. The molecule has 0 aliphatic heterocycles. The zero-order valence-electron chi connectivity index (χ0n) is 9.54. The molecule has 0 fully saturated rings. The zero-order chi connectivity index (χ0) is 14.5. The van der Waals surface area contributed by atoms with Crippen molar-refractivity contribution in [2.45, 2.75) is 12.1 Å². The SMILES string of the molecule is O=[N+]([O-])c1ccc(Br)cc1CNCCSC(F)(F)F. The second-order valence-electron chi connectivity index (χ2n) is 3.50. The molecule has 0 heterocycles. The van der Waals surface area contributed by atoms with E-state index in [9.17, 15) is 23.3 Å². The van der Waals surface area contributed by atoms with E-state index in [1.54, 1.807) is 12.1 Å². The van der Waals surface area contributed by atoms with Crippen LogP contribution in [0, 0.1) is 10.1 Å². The van der Waals surface area contributed by atoms with E-state index in [1.807, 2.05) is 0 Å². The number of alkyl halides is 3. The Morgan fingerprint density at radius 3 is 2.68 bits per heavy atom. The molecule has 0 saturated heterocycles. The first-order chi connectivity index (χ1) is 8.79. The van der Waals surface area contributed by atoms with E-state index in [4.69, 9.17) is 0 Å². The first kappa shape index (κ1) is 16.3. The lowest BCUT2D eigenvalue weighted by molar-refractivity contribution is -0.385. The maximum atomic E-state index is 11.9. The normalized spacial score (nSPS) is 11.6. The van der Waals surface area contributed by atoms with Crippen molar-refractivity contribution in [2.24, 2.45) is 0 Å². The number of nitrogens with one attached hydrogen (secondary N) is 1. The Morgan fingerprint density at radius 1 is 1.42 bits per heavy atom. The van der Waals surface area contributed by atoms with E-state index in [2.05, 4.69) is 21.2 Å². The van der Waals surface area contributed by atoms with E-state index in [-0.39, 0.29) is 36.3 Å². The van der Waals surface area contributed by atoms with Crippen LogP contribution in [0.15, 0.2) is 22.7 Å². The van der Waals surface area contributed by atoms with Crippen LogP contribution in [-0.4, -0.2) is 22.7 Å². The van der Waals surface area contributed by atoms with Gasteiger partial charge in [-0.15, -0.1) is 0 Å². The summed E-state index contributed by atoms with van der Waals surface area (Å²) in [6, 6.07) is 4.47. The summed E-state index contributed by atoms with van der Waals surface area (Å²) < 4.78 is 36.3. The minimum atomic E-state index is -4.25. The molecule has 9 heteroatoms. The van der Waals surface area contributed by atoms with Crippen LogP contribution in [0.25, 0.3) is 0 Å². The monoisotopic (exact) mass is 358 g/mol. The Balaban J connectivity index is 2.49. The Bertz CT molecular complexity index is 457. The van der Waals surface area contributed by atoms with Gasteiger partial charge in [0.25, 0.3) is 5.69 Å². The third-order valence-corrected chi connectivity index (χ3v) is 3.33. The first-order valence-corrected chi connectivity index (χ1v) is 6.91. The van der Waals surface area contributed by atoms with Crippen molar-refractivity contribution in [3.63, 3.8) is 0 Å². The van der Waals surface area contributed by atoms with Gasteiger partial charge >= 0.3 is 5.51 Å². The average Bonchev–Trinajstić information content (AvgIpc) is 2.26. The summed E-state index contributed by atoms with van der Waals surface area (Å²) in [5.41, 5.74) is -3.88. The van der Waals surface area contributed by atoms with Crippen molar-refractivity contribution < 1.29 is 18.1 Å². The molecule has 1 aromatic carbocycles. The van der Waals surface area contributed by atoms with Gasteiger partial charge in [-0.05, 0) is 23.9 Å². The molecule has 1 aromatic rings. The third-order valence-electron chi connectivity index (χ3n) is 2.10. The number of nitrogens with zero attached hydrogens (tertiary/aromatic N) is 1. The lowest BCUT2D eigenvalue weighted by Crippen LogP contribution is -2.19. The minimum Gasteiger partial charge on any atom is -0.312 e. The number of rotatable bonds is 6. The van der Waals surface area contributed by atoms with Gasteiger partial charge in [0.15, 0.2) is 0 Å². The van der Waals surface area contributed by atoms with Gasteiger partial charge < -0.3 is 5.32 Å². The molecule has 0 radical (unpaired) electrons. The van der Waals surface area contributed by atoms with Gasteiger partial charge in [-0.3, -0.25) is 10.1 Å². The van der Waals surface area contributed by atoms with Gasteiger partial charge in [-0.25, -0.2) is 0 Å². The van der Waals surface area contributed by atoms with Gasteiger partial charge in [-0.1, -0.05) is 15.9 Å². The van der Waals surface area contributed by atoms with Crippen LogP contribution in [0.4, 0.5) is 18.9 Å².